The van der Waals surface area contributed by atoms with Gasteiger partial charge < -0.3 is 4.74 Å². The lowest BCUT2D eigenvalue weighted by molar-refractivity contribution is -0.148. The summed E-state index contributed by atoms with van der Waals surface area (Å²) in [5, 5.41) is 0.692. The maximum Gasteiger partial charge on any atom is 0.323 e. The second-order valence-corrected chi connectivity index (χ2v) is 5.27. The molecule has 6 nitrogen and oxygen atoms in total. The van der Waals surface area contributed by atoms with Crippen LogP contribution in [-0.4, -0.2) is 35.0 Å². The van der Waals surface area contributed by atoms with Crippen molar-refractivity contribution in [1.29, 1.82) is 0 Å². The normalized spacial score (nSPS) is 20.0. The van der Waals surface area contributed by atoms with Crippen molar-refractivity contribution in [2.45, 2.75) is 32.4 Å². The Kier molecular flexibility index (Phi) is 4.51. The Labute approximate surface area is 110 Å². The van der Waals surface area contributed by atoms with E-state index in [0.717, 1.165) is 30.8 Å². The van der Waals surface area contributed by atoms with Crippen LogP contribution in [0.4, 0.5) is 5.13 Å². The second-order valence-electron chi connectivity index (χ2n) is 4.16. The minimum Gasteiger partial charge on any atom is -0.465 e. The lowest BCUT2D eigenvalue weighted by Gasteiger charge is -2.21. The SMILES string of the molecule is CCOC(=O)C1CCCN1Cc1cnc(NN)s1. The number of nitrogen functional groups attached to an aromatic ring is 1. The minimum atomic E-state index is -0.114. The zero-order valence-electron chi connectivity index (χ0n) is 10.4. The first-order valence-electron chi connectivity index (χ1n) is 6.06. The average Bonchev–Trinajstić information content (AvgIpc) is 2.99. The van der Waals surface area contributed by atoms with E-state index in [2.05, 4.69) is 15.3 Å². The number of hydrazine groups is 1. The van der Waals surface area contributed by atoms with Crippen molar-refractivity contribution in [3.05, 3.63) is 11.1 Å². The molecule has 7 heteroatoms. The lowest BCUT2D eigenvalue weighted by atomic mass is 10.2. The molecule has 1 atom stereocenters. The Morgan fingerprint density at radius 2 is 2.61 bits per heavy atom. The maximum absolute atomic E-state index is 11.8. The summed E-state index contributed by atoms with van der Waals surface area (Å²) in [5.74, 6) is 5.18. The summed E-state index contributed by atoms with van der Waals surface area (Å²) in [7, 11) is 0. The molecule has 1 fully saturated rings. The quantitative estimate of drug-likeness (QED) is 0.471. The van der Waals surface area contributed by atoms with Crippen molar-refractivity contribution >= 4 is 22.4 Å². The highest BCUT2D eigenvalue weighted by Gasteiger charge is 2.31. The van der Waals surface area contributed by atoms with Gasteiger partial charge >= 0.3 is 5.97 Å². The first-order valence-corrected chi connectivity index (χ1v) is 6.88. The third-order valence-corrected chi connectivity index (χ3v) is 3.87. The largest absolute Gasteiger partial charge is 0.465 e. The van der Waals surface area contributed by atoms with Crippen molar-refractivity contribution in [2.24, 2.45) is 5.84 Å². The highest BCUT2D eigenvalue weighted by atomic mass is 32.1. The van der Waals surface area contributed by atoms with Crippen LogP contribution in [0.1, 0.15) is 24.6 Å². The number of rotatable bonds is 5. The average molecular weight is 270 g/mol. The summed E-state index contributed by atoms with van der Waals surface area (Å²) in [6.45, 7) is 3.92. The molecule has 1 aliphatic rings. The monoisotopic (exact) mass is 270 g/mol. The summed E-state index contributed by atoms with van der Waals surface area (Å²) >= 11 is 1.51. The van der Waals surface area contributed by atoms with Crippen molar-refractivity contribution in [3.8, 4) is 0 Å². The van der Waals surface area contributed by atoms with E-state index in [1.807, 2.05) is 6.92 Å². The van der Waals surface area contributed by atoms with Crippen LogP contribution in [0.15, 0.2) is 6.20 Å². The fraction of sp³-hybridized carbons (Fsp3) is 0.636. The van der Waals surface area contributed by atoms with E-state index in [0.29, 0.717) is 11.7 Å². The van der Waals surface area contributed by atoms with Crippen LogP contribution in [-0.2, 0) is 16.1 Å². The number of hydrogen-bond acceptors (Lipinski definition) is 7. The maximum atomic E-state index is 11.8. The number of carbonyl (C=O) groups is 1. The first kappa shape index (κ1) is 13.3. The molecule has 0 spiro atoms. The van der Waals surface area contributed by atoms with Crippen molar-refractivity contribution in [1.82, 2.24) is 9.88 Å². The van der Waals surface area contributed by atoms with Gasteiger partial charge in [-0.15, -0.1) is 0 Å². The van der Waals surface area contributed by atoms with Gasteiger partial charge in [0, 0.05) is 17.6 Å². The molecule has 0 radical (unpaired) electrons. The van der Waals surface area contributed by atoms with E-state index in [9.17, 15) is 4.79 Å². The molecule has 2 rings (SSSR count). The molecule has 1 aromatic heterocycles. The number of anilines is 1. The molecule has 0 aliphatic carbocycles. The lowest BCUT2D eigenvalue weighted by Crippen LogP contribution is -2.36. The number of carbonyl (C=O) groups excluding carboxylic acids is 1. The number of hydrogen-bond donors (Lipinski definition) is 2. The number of aromatic nitrogens is 1. The van der Waals surface area contributed by atoms with Crippen LogP contribution in [0.2, 0.25) is 0 Å². The highest BCUT2D eigenvalue weighted by Crippen LogP contribution is 2.24. The number of likely N-dealkylation sites (tertiary alicyclic amines) is 1. The molecule has 1 saturated heterocycles. The van der Waals surface area contributed by atoms with Crippen molar-refractivity contribution < 1.29 is 9.53 Å². The number of nitrogens with zero attached hydrogens (tertiary/aromatic N) is 2. The molecule has 100 valence electrons. The molecule has 3 N–H and O–H groups in total. The fourth-order valence-corrected chi connectivity index (χ4v) is 2.92. The summed E-state index contributed by atoms with van der Waals surface area (Å²) < 4.78 is 5.09. The Hall–Kier alpha value is -1.18. The summed E-state index contributed by atoms with van der Waals surface area (Å²) in [6, 6.07) is -0.110. The van der Waals surface area contributed by atoms with Gasteiger partial charge in [0.2, 0.25) is 0 Å². The van der Waals surface area contributed by atoms with Gasteiger partial charge in [-0.25, -0.2) is 10.8 Å². The zero-order valence-corrected chi connectivity index (χ0v) is 11.2. The van der Waals surface area contributed by atoms with Crippen LogP contribution in [0, 0.1) is 0 Å². The van der Waals surface area contributed by atoms with E-state index >= 15 is 0 Å². The predicted molar refractivity (Wildman–Crippen MR) is 70.0 cm³/mol. The van der Waals surface area contributed by atoms with Gasteiger partial charge in [-0.05, 0) is 26.3 Å². The molecule has 0 bridgehead atoms. The zero-order chi connectivity index (χ0) is 13.0. The number of nitrogens with two attached hydrogens (primary N) is 1. The Morgan fingerprint density at radius 3 is 3.28 bits per heavy atom. The number of thiazole rings is 1. The van der Waals surface area contributed by atoms with Crippen LogP contribution in [0.3, 0.4) is 0 Å². The Balaban J connectivity index is 1.97. The van der Waals surface area contributed by atoms with Gasteiger partial charge in [0.05, 0.1) is 6.61 Å². The molecule has 0 saturated carbocycles. The smallest absolute Gasteiger partial charge is 0.323 e. The number of ether oxygens (including phenoxy) is 1. The molecule has 2 heterocycles. The van der Waals surface area contributed by atoms with E-state index in [4.69, 9.17) is 10.6 Å². The summed E-state index contributed by atoms with van der Waals surface area (Å²) in [6.07, 6.45) is 3.70. The second kappa shape index (κ2) is 6.12. The van der Waals surface area contributed by atoms with Gasteiger partial charge in [0.15, 0.2) is 5.13 Å². The third-order valence-electron chi connectivity index (χ3n) is 2.96. The molecule has 1 aliphatic heterocycles. The van der Waals surface area contributed by atoms with Gasteiger partial charge in [-0.3, -0.25) is 15.1 Å². The van der Waals surface area contributed by atoms with Crippen molar-refractivity contribution in [2.75, 3.05) is 18.6 Å². The van der Waals surface area contributed by atoms with E-state index in [1.165, 1.54) is 11.3 Å². The highest BCUT2D eigenvalue weighted by molar-refractivity contribution is 7.15. The number of esters is 1. The van der Waals surface area contributed by atoms with E-state index < -0.39 is 0 Å². The van der Waals surface area contributed by atoms with E-state index in [1.54, 1.807) is 6.20 Å². The van der Waals surface area contributed by atoms with Gasteiger partial charge in [0.1, 0.15) is 6.04 Å². The van der Waals surface area contributed by atoms with E-state index in [-0.39, 0.29) is 12.0 Å². The minimum absolute atomic E-state index is 0.110. The molecule has 18 heavy (non-hydrogen) atoms. The molecular formula is C11H18N4O2S. The van der Waals surface area contributed by atoms with Crippen LogP contribution in [0.25, 0.3) is 0 Å². The van der Waals surface area contributed by atoms with Gasteiger partial charge in [-0.1, -0.05) is 11.3 Å². The molecule has 1 aromatic rings. The topological polar surface area (TPSA) is 80.5 Å². The molecular weight excluding hydrogens is 252 g/mol. The van der Waals surface area contributed by atoms with Gasteiger partial charge in [0.25, 0.3) is 0 Å². The molecule has 0 aromatic carbocycles. The summed E-state index contributed by atoms with van der Waals surface area (Å²) in [5.41, 5.74) is 2.52. The molecule has 1 unspecified atom stereocenters. The third kappa shape index (κ3) is 2.98. The predicted octanol–water partition coefficient (Wildman–Crippen LogP) is 0.956. The first-order chi connectivity index (χ1) is 8.74. The van der Waals surface area contributed by atoms with Crippen LogP contribution >= 0.6 is 11.3 Å². The number of nitrogens with one attached hydrogen (secondary N) is 1. The fourth-order valence-electron chi connectivity index (χ4n) is 2.17. The van der Waals surface area contributed by atoms with Crippen LogP contribution in [0.5, 0.6) is 0 Å². The van der Waals surface area contributed by atoms with Crippen molar-refractivity contribution in [3.63, 3.8) is 0 Å². The molecule has 0 amide bonds. The Bertz CT molecular complexity index is 410. The van der Waals surface area contributed by atoms with Gasteiger partial charge in [-0.2, -0.15) is 0 Å². The standard InChI is InChI=1S/C11H18N4O2S/c1-2-17-10(16)9-4-3-5-15(9)7-8-6-13-11(14-12)18-8/h6,9H,2-5,7,12H2,1H3,(H,13,14). The summed E-state index contributed by atoms with van der Waals surface area (Å²) in [4.78, 5) is 19.2. The van der Waals surface area contributed by atoms with Crippen LogP contribution < -0.4 is 11.3 Å². The Morgan fingerprint density at radius 1 is 1.78 bits per heavy atom.